The Morgan fingerprint density at radius 2 is 1.43 bits per heavy atom. The van der Waals surface area contributed by atoms with E-state index >= 15 is 0 Å². The van der Waals surface area contributed by atoms with E-state index in [4.69, 9.17) is 0 Å². The maximum absolute atomic E-state index is 3.87. The lowest BCUT2D eigenvalue weighted by Crippen LogP contribution is -2.40. The Morgan fingerprint density at radius 3 is 1.91 bits per heavy atom. The average molecular weight is 346 g/mol. The zero-order valence-electron chi connectivity index (χ0n) is 14.7. The van der Waals surface area contributed by atoms with Gasteiger partial charge in [0.1, 0.15) is 0 Å². The lowest BCUT2D eigenvalue weighted by molar-refractivity contribution is 0.504. The summed E-state index contributed by atoms with van der Waals surface area (Å²) in [5.41, 5.74) is 0.0792. The van der Waals surface area contributed by atoms with E-state index < -0.39 is 8.22 Å². The Morgan fingerprint density at radius 1 is 0.913 bits per heavy atom. The van der Waals surface area contributed by atoms with Gasteiger partial charge in [-0.2, -0.15) is 0 Å². The zero-order valence-corrected chi connectivity index (χ0v) is 16.6. The Balaban J connectivity index is 2.32. The van der Waals surface area contributed by atoms with Crippen LogP contribution in [0.2, 0.25) is 0 Å². The molecule has 0 aliphatic rings. The van der Waals surface area contributed by atoms with Gasteiger partial charge >= 0.3 is 0 Å². The number of benzene rings is 2. The standard InChI is InChI=1S/C19H28N2P2/c1-16(2)21(22-17-12-8-6-9-13-17)23(20-19(3,4)5)18-14-10-7-11-15-18/h6-16,20,22H,1-5H3. The van der Waals surface area contributed by atoms with E-state index in [1.54, 1.807) is 0 Å². The third-order valence-corrected chi connectivity index (χ3v) is 7.96. The molecule has 124 valence electrons. The van der Waals surface area contributed by atoms with Crippen LogP contribution in [-0.2, 0) is 0 Å². The fourth-order valence-corrected chi connectivity index (χ4v) is 6.33. The van der Waals surface area contributed by atoms with Crippen molar-refractivity contribution in [2.75, 3.05) is 0 Å². The fourth-order valence-electron chi connectivity index (χ4n) is 2.18. The van der Waals surface area contributed by atoms with Crippen molar-refractivity contribution >= 4 is 27.6 Å². The third-order valence-electron chi connectivity index (χ3n) is 3.16. The van der Waals surface area contributed by atoms with Gasteiger partial charge in [-0.1, -0.05) is 60.7 Å². The van der Waals surface area contributed by atoms with Gasteiger partial charge in [0.15, 0.2) is 0 Å². The van der Waals surface area contributed by atoms with Crippen LogP contribution < -0.4 is 15.7 Å². The van der Waals surface area contributed by atoms with Crippen molar-refractivity contribution < 1.29 is 0 Å². The second-order valence-corrected chi connectivity index (χ2v) is 10.4. The number of hydrogen-bond donors (Lipinski definition) is 1. The SMILES string of the molecule is CC(C)N(Pc1ccccc1)P(NC(C)(C)C)c1ccccc1. The van der Waals surface area contributed by atoms with E-state index in [0.717, 1.165) is 0 Å². The van der Waals surface area contributed by atoms with Crippen LogP contribution in [0.1, 0.15) is 34.6 Å². The molecule has 0 aliphatic carbocycles. The van der Waals surface area contributed by atoms with Crippen LogP contribution in [0.4, 0.5) is 0 Å². The topological polar surface area (TPSA) is 15.3 Å². The zero-order chi connectivity index (χ0) is 16.9. The Hall–Kier alpha value is -0.780. The summed E-state index contributed by atoms with van der Waals surface area (Å²) in [6.45, 7) is 11.3. The highest BCUT2D eigenvalue weighted by Gasteiger charge is 2.27. The van der Waals surface area contributed by atoms with Gasteiger partial charge in [0.05, 0.1) is 8.22 Å². The third kappa shape index (κ3) is 5.98. The highest BCUT2D eigenvalue weighted by molar-refractivity contribution is 7.70. The maximum Gasteiger partial charge on any atom is 0.0741 e. The predicted octanol–water partition coefficient (Wildman–Crippen LogP) is 4.64. The minimum absolute atomic E-state index is 0.0792. The summed E-state index contributed by atoms with van der Waals surface area (Å²) in [6.07, 6.45) is 0. The number of hydrogen-bond acceptors (Lipinski definition) is 2. The summed E-state index contributed by atoms with van der Waals surface area (Å²) >= 11 is 0. The van der Waals surface area contributed by atoms with Crippen molar-refractivity contribution in [3.63, 3.8) is 0 Å². The first-order valence-corrected chi connectivity index (χ1v) is 10.3. The normalized spacial score (nSPS) is 14.0. The molecule has 2 nitrogen and oxygen atoms in total. The minimum Gasteiger partial charge on any atom is -0.275 e. The van der Waals surface area contributed by atoms with E-state index in [9.17, 15) is 0 Å². The number of rotatable bonds is 6. The van der Waals surface area contributed by atoms with Crippen LogP contribution in [0.3, 0.4) is 0 Å². The monoisotopic (exact) mass is 346 g/mol. The summed E-state index contributed by atoms with van der Waals surface area (Å²) in [5, 5.41) is 6.64. The van der Waals surface area contributed by atoms with Crippen LogP contribution >= 0.6 is 17.0 Å². The first kappa shape index (κ1) is 18.6. The van der Waals surface area contributed by atoms with Gasteiger partial charge in [0, 0.05) is 16.9 Å². The molecular formula is C19H28N2P2. The maximum atomic E-state index is 3.87. The second-order valence-electron chi connectivity index (χ2n) is 6.93. The summed E-state index contributed by atoms with van der Waals surface area (Å²) in [5.74, 6) is 0. The minimum atomic E-state index is -0.575. The van der Waals surface area contributed by atoms with Crippen molar-refractivity contribution in [3.05, 3.63) is 60.7 Å². The molecular weight excluding hydrogens is 318 g/mol. The summed E-state index contributed by atoms with van der Waals surface area (Å²) in [4.78, 5) is 0. The summed E-state index contributed by atoms with van der Waals surface area (Å²) in [7, 11) is 0.0926. The lowest BCUT2D eigenvalue weighted by atomic mass is 10.1. The summed E-state index contributed by atoms with van der Waals surface area (Å²) < 4.78 is 2.62. The highest BCUT2D eigenvalue weighted by atomic mass is 31.2. The first-order chi connectivity index (χ1) is 10.9. The van der Waals surface area contributed by atoms with Crippen LogP contribution in [0.15, 0.2) is 60.7 Å². The highest BCUT2D eigenvalue weighted by Crippen LogP contribution is 2.46. The molecule has 2 rings (SSSR count). The molecule has 0 fully saturated rings. The molecule has 0 aromatic heterocycles. The molecule has 1 N–H and O–H groups in total. The molecule has 2 aromatic rings. The molecule has 2 atom stereocenters. The molecule has 0 saturated carbocycles. The summed E-state index contributed by atoms with van der Waals surface area (Å²) in [6, 6.07) is 22.1. The van der Waals surface area contributed by atoms with Crippen molar-refractivity contribution in [1.82, 2.24) is 9.53 Å². The van der Waals surface area contributed by atoms with E-state index in [2.05, 4.69) is 105 Å². The lowest BCUT2D eigenvalue weighted by Gasteiger charge is -2.39. The van der Waals surface area contributed by atoms with Gasteiger partial charge in [0.2, 0.25) is 0 Å². The van der Waals surface area contributed by atoms with Gasteiger partial charge in [0.25, 0.3) is 0 Å². The van der Waals surface area contributed by atoms with Crippen LogP contribution in [-0.4, -0.2) is 16.0 Å². The van der Waals surface area contributed by atoms with Crippen molar-refractivity contribution in [1.29, 1.82) is 0 Å². The number of nitrogens with zero attached hydrogens (tertiary/aromatic N) is 1. The van der Waals surface area contributed by atoms with Crippen LogP contribution in [0, 0.1) is 0 Å². The van der Waals surface area contributed by atoms with Gasteiger partial charge in [-0.15, -0.1) is 0 Å². The van der Waals surface area contributed by atoms with Crippen molar-refractivity contribution in [2.45, 2.75) is 46.2 Å². The molecule has 2 unspecified atom stereocenters. The van der Waals surface area contributed by atoms with E-state index in [-0.39, 0.29) is 5.54 Å². The smallest absolute Gasteiger partial charge is 0.0741 e. The van der Waals surface area contributed by atoms with Gasteiger partial charge < -0.3 is 0 Å². The predicted molar refractivity (Wildman–Crippen MR) is 107 cm³/mol. The number of nitrogens with one attached hydrogen (secondary N) is 1. The Bertz CT molecular complexity index is 579. The van der Waals surface area contributed by atoms with Crippen molar-refractivity contribution in [3.8, 4) is 0 Å². The second kappa shape index (κ2) is 8.36. The first-order valence-electron chi connectivity index (χ1n) is 8.11. The van der Waals surface area contributed by atoms with E-state index in [1.807, 2.05) is 0 Å². The fraction of sp³-hybridized carbons (Fsp3) is 0.368. The molecule has 23 heavy (non-hydrogen) atoms. The molecule has 0 radical (unpaired) electrons. The molecule has 2 aromatic carbocycles. The van der Waals surface area contributed by atoms with Gasteiger partial charge in [-0.25, -0.2) is 4.44 Å². The molecule has 0 saturated heterocycles. The van der Waals surface area contributed by atoms with Crippen LogP contribution in [0.25, 0.3) is 0 Å². The Kier molecular flexibility index (Phi) is 6.74. The molecule has 0 amide bonds. The molecule has 0 bridgehead atoms. The van der Waals surface area contributed by atoms with E-state index in [0.29, 0.717) is 14.8 Å². The van der Waals surface area contributed by atoms with Gasteiger partial charge in [-0.05, 0) is 48.7 Å². The molecule has 4 heteroatoms. The molecule has 0 aliphatic heterocycles. The Labute approximate surface area is 144 Å². The quantitative estimate of drug-likeness (QED) is 0.767. The van der Waals surface area contributed by atoms with Crippen LogP contribution in [0.5, 0.6) is 0 Å². The molecule has 0 spiro atoms. The largest absolute Gasteiger partial charge is 0.275 e. The van der Waals surface area contributed by atoms with Crippen molar-refractivity contribution in [2.24, 2.45) is 0 Å². The molecule has 0 heterocycles. The van der Waals surface area contributed by atoms with Gasteiger partial charge in [-0.3, -0.25) is 5.09 Å². The average Bonchev–Trinajstić information content (AvgIpc) is 2.51. The van der Waals surface area contributed by atoms with E-state index in [1.165, 1.54) is 10.6 Å².